The standard InChI is InChI=1S/C15H22N2.2C2H6/c1-10(2)5-14(17)8-13-6-11(3)15(9-16)12(4)7-13;2*1-2/h6-7,10,14H,5,8,17H2,1-4H3;2*1-2H3. The second-order valence-corrected chi connectivity index (χ2v) is 5.31. The Morgan fingerprint density at radius 1 is 1.05 bits per heavy atom. The molecule has 0 spiro atoms. The Balaban J connectivity index is 0. The third-order valence-corrected chi connectivity index (χ3v) is 2.98. The van der Waals surface area contributed by atoms with Gasteiger partial charge in [0.15, 0.2) is 0 Å². The minimum Gasteiger partial charge on any atom is -0.327 e. The van der Waals surface area contributed by atoms with Crippen molar-refractivity contribution >= 4 is 0 Å². The average Bonchev–Trinajstić information content (AvgIpc) is 2.42. The Kier molecular flexibility index (Phi) is 13.0. The zero-order chi connectivity index (χ0) is 17.0. The molecule has 0 saturated heterocycles. The highest BCUT2D eigenvalue weighted by Gasteiger charge is 2.09. The molecule has 0 aliphatic rings. The van der Waals surface area contributed by atoms with Gasteiger partial charge in [-0.05, 0) is 49.3 Å². The number of hydrogen-bond acceptors (Lipinski definition) is 2. The van der Waals surface area contributed by atoms with Crippen LogP contribution in [0.1, 0.15) is 70.2 Å². The maximum atomic E-state index is 9.02. The van der Waals surface area contributed by atoms with E-state index in [-0.39, 0.29) is 6.04 Å². The summed E-state index contributed by atoms with van der Waals surface area (Å²) in [4.78, 5) is 0. The maximum absolute atomic E-state index is 9.02. The lowest BCUT2D eigenvalue weighted by atomic mass is 9.94. The molecule has 0 fully saturated rings. The van der Waals surface area contributed by atoms with Crippen LogP contribution in [0.25, 0.3) is 0 Å². The van der Waals surface area contributed by atoms with E-state index >= 15 is 0 Å². The van der Waals surface area contributed by atoms with Crippen LogP contribution in [0.3, 0.4) is 0 Å². The van der Waals surface area contributed by atoms with Gasteiger partial charge in [0.25, 0.3) is 0 Å². The predicted molar refractivity (Wildman–Crippen MR) is 94.5 cm³/mol. The zero-order valence-electron chi connectivity index (χ0n) is 15.2. The van der Waals surface area contributed by atoms with Crippen molar-refractivity contribution in [2.75, 3.05) is 0 Å². The van der Waals surface area contributed by atoms with Crippen molar-refractivity contribution in [3.05, 3.63) is 34.4 Å². The van der Waals surface area contributed by atoms with Crippen LogP contribution in [0.5, 0.6) is 0 Å². The van der Waals surface area contributed by atoms with Gasteiger partial charge in [-0.1, -0.05) is 53.7 Å². The van der Waals surface area contributed by atoms with Crippen molar-refractivity contribution in [2.45, 2.75) is 74.3 Å². The van der Waals surface area contributed by atoms with Gasteiger partial charge in [0.05, 0.1) is 11.6 Å². The van der Waals surface area contributed by atoms with Crippen molar-refractivity contribution in [2.24, 2.45) is 11.7 Å². The number of rotatable bonds is 4. The minimum absolute atomic E-state index is 0.210. The maximum Gasteiger partial charge on any atom is 0.0997 e. The molecule has 0 aromatic heterocycles. The van der Waals surface area contributed by atoms with Gasteiger partial charge in [0.2, 0.25) is 0 Å². The number of nitrogens with two attached hydrogens (primary N) is 1. The van der Waals surface area contributed by atoms with Crippen molar-refractivity contribution in [3.63, 3.8) is 0 Å². The van der Waals surface area contributed by atoms with E-state index < -0.39 is 0 Å². The highest BCUT2D eigenvalue weighted by molar-refractivity contribution is 5.45. The number of aryl methyl sites for hydroxylation is 2. The molecular formula is C19H34N2. The van der Waals surface area contributed by atoms with E-state index in [1.807, 2.05) is 41.5 Å². The number of nitriles is 1. The predicted octanol–water partition coefficient (Wildman–Crippen LogP) is 5.14. The first-order valence-electron chi connectivity index (χ1n) is 8.19. The summed E-state index contributed by atoms with van der Waals surface area (Å²) in [6, 6.07) is 6.63. The number of benzene rings is 1. The van der Waals surface area contributed by atoms with Gasteiger partial charge in [-0.2, -0.15) is 5.26 Å². The zero-order valence-corrected chi connectivity index (χ0v) is 15.2. The molecule has 1 aromatic rings. The first-order chi connectivity index (χ1) is 9.93. The Hall–Kier alpha value is -1.33. The average molecular weight is 290 g/mol. The summed E-state index contributed by atoms with van der Waals surface area (Å²) in [5.41, 5.74) is 10.3. The molecule has 0 bridgehead atoms. The lowest BCUT2D eigenvalue weighted by Gasteiger charge is -2.15. The summed E-state index contributed by atoms with van der Waals surface area (Å²) < 4.78 is 0. The van der Waals surface area contributed by atoms with E-state index in [1.54, 1.807) is 0 Å². The van der Waals surface area contributed by atoms with Crippen LogP contribution in [0.15, 0.2) is 12.1 Å². The first kappa shape index (κ1) is 22.0. The fourth-order valence-corrected chi connectivity index (χ4v) is 2.34. The molecule has 120 valence electrons. The van der Waals surface area contributed by atoms with Crippen molar-refractivity contribution in [1.82, 2.24) is 0 Å². The Labute approximate surface area is 132 Å². The van der Waals surface area contributed by atoms with E-state index in [0.29, 0.717) is 5.92 Å². The molecule has 0 saturated carbocycles. The molecule has 2 nitrogen and oxygen atoms in total. The monoisotopic (exact) mass is 290 g/mol. The van der Waals surface area contributed by atoms with Gasteiger partial charge in [-0.3, -0.25) is 0 Å². The van der Waals surface area contributed by atoms with Crippen molar-refractivity contribution in [3.8, 4) is 6.07 Å². The SMILES string of the molecule is CC.CC.Cc1cc(CC(N)CC(C)C)cc(C)c1C#N. The van der Waals surface area contributed by atoms with E-state index in [1.165, 1.54) is 5.56 Å². The molecule has 0 aliphatic carbocycles. The Morgan fingerprint density at radius 2 is 1.48 bits per heavy atom. The normalized spacial score (nSPS) is 10.7. The summed E-state index contributed by atoms with van der Waals surface area (Å²) in [7, 11) is 0. The topological polar surface area (TPSA) is 49.8 Å². The molecule has 0 amide bonds. The molecule has 1 unspecified atom stereocenters. The third kappa shape index (κ3) is 8.52. The minimum atomic E-state index is 0.210. The first-order valence-corrected chi connectivity index (χ1v) is 8.19. The largest absolute Gasteiger partial charge is 0.327 e. The summed E-state index contributed by atoms with van der Waals surface area (Å²) in [6.45, 7) is 16.4. The van der Waals surface area contributed by atoms with Crippen molar-refractivity contribution in [1.29, 1.82) is 5.26 Å². The molecule has 1 rings (SSSR count). The summed E-state index contributed by atoms with van der Waals surface area (Å²) >= 11 is 0. The molecule has 21 heavy (non-hydrogen) atoms. The smallest absolute Gasteiger partial charge is 0.0997 e. The van der Waals surface area contributed by atoms with E-state index in [0.717, 1.165) is 29.5 Å². The highest BCUT2D eigenvalue weighted by atomic mass is 14.6. The third-order valence-electron chi connectivity index (χ3n) is 2.98. The lowest BCUT2D eigenvalue weighted by Crippen LogP contribution is -2.24. The van der Waals surface area contributed by atoms with Crippen LogP contribution in [-0.2, 0) is 6.42 Å². The van der Waals surface area contributed by atoms with Gasteiger partial charge in [0.1, 0.15) is 0 Å². The molecule has 0 heterocycles. The van der Waals surface area contributed by atoms with Crippen LogP contribution in [-0.4, -0.2) is 6.04 Å². The molecule has 1 aromatic carbocycles. The summed E-state index contributed by atoms with van der Waals surface area (Å²) in [6.07, 6.45) is 1.93. The van der Waals surface area contributed by atoms with Crippen LogP contribution < -0.4 is 5.73 Å². The Morgan fingerprint density at radius 3 is 1.81 bits per heavy atom. The van der Waals surface area contributed by atoms with Crippen LogP contribution in [0.4, 0.5) is 0 Å². The van der Waals surface area contributed by atoms with Crippen LogP contribution >= 0.6 is 0 Å². The lowest BCUT2D eigenvalue weighted by molar-refractivity contribution is 0.493. The molecule has 0 aliphatic heterocycles. The van der Waals surface area contributed by atoms with Gasteiger partial charge in [0, 0.05) is 6.04 Å². The second-order valence-electron chi connectivity index (χ2n) is 5.31. The van der Waals surface area contributed by atoms with Crippen molar-refractivity contribution < 1.29 is 0 Å². The summed E-state index contributed by atoms with van der Waals surface area (Å²) in [5.74, 6) is 0.630. The highest BCUT2D eigenvalue weighted by Crippen LogP contribution is 2.18. The van der Waals surface area contributed by atoms with Crippen LogP contribution in [0, 0.1) is 31.1 Å². The quantitative estimate of drug-likeness (QED) is 0.834. The molecule has 1 atom stereocenters. The van der Waals surface area contributed by atoms with Gasteiger partial charge < -0.3 is 5.73 Å². The molecule has 2 heteroatoms. The van der Waals surface area contributed by atoms with E-state index in [4.69, 9.17) is 11.0 Å². The van der Waals surface area contributed by atoms with Gasteiger partial charge in [-0.25, -0.2) is 0 Å². The fraction of sp³-hybridized carbons (Fsp3) is 0.632. The van der Waals surface area contributed by atoms with E-state index in [2.05, 4.69) is 32.0 Å². The van der Waals surface area contributed by atoms with E-state index in [9.17, 15) is 0 Å². The van der Waals surface area contributed by atoms with Crippen LogP contribution in [0.2, 0.25) is 0 Å². The Bertz CT molecular complexity index is 405. The number of nitrogens with zero attached hydrogens (tertiary/aromatic N) is 1. The fourth-order valence-electron chi connectivity index (χ4n) is 2.34. The molecule has 2 N–H and O–H groups in total. The van der Waals surface area contributed by atoms with Gasteiger partial charge in [-0.15, -0.1) is 0 Å². The molecular weight excluding hydrogens is 256 g/mol. The second kappa shape index (κ2) is 12.4. The summed E-state index contributed by atoms with van der Waals surface area (Å²) in [5, 5.41) is 9.02. The van der Waals surface area contributed by atoms with Gasteiger partial charge >= 0.3 is 0 Å². The number of hydrogen-bond donors (Lipinski definition) is 1. The molecule has 0 radical (unpaired) electrons.